The van der Waals surface area contributed by atoms with Crippen molar-refractivity contribution < 1.29 is 33.8 Å². The van der Waals surface area contributed by atoms with E-state index in [-0.39, 0.29) is 57.3 Å². The highest BCUT2D eigenvalue weighted by atomic mass is 16.6. The van der Waals surface area contributed by atoms with E-state index in [2.05, 4.69) is 23.8 Å². The molecule has 0 fully saturated rings. The Hall–Kier alpha value is -3.46. The zero-order valence-electron chi connectivity index (χ0n) is 22.7. The van der Waals surface area contributed by atoms with Crippen LogP contribution in [0.1, 0.15) is 52.0 Å². The Labute approximate surface area is 225 Å². The van der Waals surface area contributed by atoms with E-state index < -0.39 is 35.4 Å². The van der Waals surface area contributed by atoms with Gasteiger partial charge in [-0.1, -0.05) is 42.5 Å². The van der Waals surface area contributed by atoms with E-state index >= 15 is 0 Å². The third-order valence-corrected chi connectivity index (χ3v) is 5.43. The van der Waals surface area contributed by atoms with Gasteiger partial charge in [0.15, 0.2) is 0 Å². The summed E-state index contributed by atoms with van der Waals surface area (Å²) in [6.07, 6.45) is 3.86. The number of carbonyl (C=O) groups is 4. The number of aliphatic hydroxyl groups excluding tert-OH is 1. The number of rotatable bonds is 17. The van der Waals surface area contributed by atoms with Crippen LogP contribution in [0.2, 0.25) is 0 Å². The average Bonchev–Trinajstić information content (AvgIpc) is 2.84. The van der Waals surface area contributed by atoms with Crippen molar-refractivity contribution in [1.82, 2.24) is 10.6 Å². The Morgan fingerprint density at radius 1 is 1.00 bits per heavy atom. The Balaban J connectivity index is 2.53. The lowest BCUT2D eigenvalue weighted by Crippen LogP contribution is -2.42. The van der Waals surface area contributed by atoms with Crippen molar-refractivity contribution in [3.63, 3.8) is 0 Å². The molecule has 2 amide bonds. The third-order valence-electron chi connectivity index (χ3n) is 5.43. The Morgan fingerprint density at radius 2 is 1.63 bits per heavy atom. The number of aliphatic hydroxyl groups is 1. The van der Waals surface area contributed by atoms with Crippen LogP contribution in [0.25, 0.3) is 0 Å². The van der Waals surface area contributed by atoms with Gasteiger partial charge in [-0.3, -0.25) is 19.2 Å². The summed E-state index contributed by atoms with van der Waals surface area (Å²) < 4.78 is 10.5. The summed E-state index contributed by atoms with van der Waals surface area (Å²) in [6.45, 7) is 12.2. The van der Waals surface area contributed by atoms with E-state index in [9.17, 15) is 24.3 Å². The van der Waals surface area contributed by atoms with Crippen LogP contribution in [0, 0.1) is 11.8 Å². The number of carbonyl (C=O) groups excluding carboxylic acids is 4. The summed E-state index contributed by atoms with van der Waals surface area (Å²) in [5.74, 6) is -3.22. The molecule has 0 spiro atoms. The molecule has 0 saturated heterocycles. The molecule has 1 rings (SSSR count). The van der Waals surface area contributed by atoms with E-state index in [4.69, 9.17) is 9.47 Å². The highest BCUT2D eigenvalue weighted by Crippen LogP contribution is 2.16. The van der Waals surface area contributed by atoms with Crippen LogP contribution in [0.5, 0.6) is 0 Å². The maximum absolute atomic E-state index is 12.7. The summed E-state index contributed by atoms with van der Waals surface area (Å²) in [7, 11) is 0. The molecule has 0 heterocycles. The first kappa shape index (κ1) is 32.6. The van der Waals surface area contributed by atoms with Crippen LogP contribution in [0.15, 0.2) is 55.6 Å². The lowest BCUT2D eigenvalue weighted by molar-refractivity contribution is -0.161. The van der Waals surface area contributed by atoms with Crippen molar-refractivity contribution in [2.45, 2.75) is 64.5 Å². The zero-order valence-corrected chi connectivity index (χ0v) is 22.7. The molecule has 0 bridgehead atoms. The van der Waals surface area contributed by atoms with Gasteiger partial charge in [-0.05, 0) is 45.6 Å². The largest absolute Gasteiger partial charge is 0.464 e. The fourth-order valence-corrected chi connectivity index (χ4v) is 3.69. The van der Waals surface area contributed by atoms with Crippen LogP contribution >= 0.6 is 0 Å². The zero-order chi connectivity index (χ0) is 28.6. The van der Waals surface area contributed by atoms with Gasteiger partial charge in [0.1, 0.15) is 12.2 Å². The average molecular weight is 531 g/mol. The summed E-state index contributed by atoms with van der Waals surface area (Å²) in [5.41, 5.74) is 0.312. The normalized spacial score (nSPS) is 13.4. The molecule has 9 heteroatoms. The lowest BCUT2D eigenvalue weighted by Gasteiger charge is -2.21. The molecule has 0 unspecified atom stereocenters. The number of ether oxygens (including phenoxy) is 2. The molecule has 0 saturated carbocycles. The maximum Gasteiger partial charge on any atom is 0.309 e. The topological polar surface area (TPSA) is 131 Å². The fourth-order valence-electron chi connectivity index (χ4n) is 3.69. The van der Waals surface area contributed by atoms with Gasteiger partial charge < -0.3 is 25.2 Å². The number of hydrogen-bond donors (Lipinski definition) is 3. The van der Waals surface area contributed by atoms with Gasteiger partial charge in [-0.25, -0.2) is 0 Å². The summed E-state index contributed by atoms with van der Waals surface area (Å²) in [5, 5.41) is 15.1. The molecule has 3 N–H and O–H groups in total. The van der Waals surface area contributed by atoms with Gasteiger partial charge in [-0.15, -0.1) is 13.2 Å². The minimum absolute atomic E-state index is 0.0420. The highest BCUT2D eigenvalue weighted by Gasteiger charge is 2.26. The second kappa shape index (κ2) is 17.1. The molecule has 0 aliphatic heterocycles. The van der Waals surface area contributed by atoms with Crippen molar-refractivity contribution in [2.24, 2.45) is 11.8 Å². The monoisotopic (exact) mass is 530 g/mol. The van der Waals surface area contributed by atoms with Crippen LogP contribution in [-0.2, 0) is 35.1 Å². The fraction of sp³-hybridized carbons (Fsp3) is 0.517. The number of hydrogen-bond acceptors (Lipinski definition) is 7. The van der Waals surface area contributed by atoms with Crippen LogP contribution in [0.4, 0.5) is 0 Å². The lowest BCUT2D eigenvalue weighted by atomic mass is 9.99. The Bertz CT molecular complexity index is 925. The summed E-state index contributed by atoms with van der Waals surface area (Å²) >= 11 is 0. The summed E-state index contributed by atoms with van der Waals surface area (Å²) in [4.78, 5) is 49.8. The first-order valence-electron chi connectivity index (χ1n) is 12.8. The number of allylic oxidation sites excluding steroid dienone is 2. The molecule has 1 aromatic carbocycles. The first-order chi connectivity index (χ1) is 18.0. The molecule has 9 nitrogen and oxygen atoms in total. The number of amides is 2. The molecule has 3 atom stereocenters. The number of benzene rings is 1. The molecule has 1 aromatic rings. The van der Waals surface area contributed by atoms with Crippen LogP contribution in [-0.4, -0.2) is 60.3 Å². The van der Waals surface area contributed by atoms with E-state index in [0.717, 1.165) is 5.56 Å². The smallest absolute Gasteiger partial charge is 0.309 e. The SMILES string of the molecule is C=CC[C@@H](CC(=O)N[C@@H](CO)Cc1ccccc1)C(=O)NCCOC(=O)[C@@H](CC=C)CC(=O)OC(C)(C)C. The van der Waals surface area contributed by atoms with Crippen molar-refractivity contribution in [1.29, 1.82) is 0 Å². The van der Waals surface area contributed by atoms with E-state index in [1.165, 1.54) is 6.08 Å². The highest BCUT2D eigenvalue weighted by molar-refractivity contribution is 5.86. The molecule has 0 aliphatic rings. The van der Waals surface area contributed by atoms with Gasteiger partial charge >= 0.3 is 11.9 Å². The molecule has 0 radical (unpaired) electrons. The van der Waals surface area contributed by atoms with Gasteiger partial charge in [0.2, 0.25) is 11.8 Å². The predicted octanol–water partition coefficient (Wildman–Crippen LogP) is 2.87. The van der Waals surface area contributed by atoms with Gasteiger partial charge in [-0.2, -0.15) is 0 Å². The maximum atomic E-state index is 12.7. The molecule has 0 aliphatic carbocycles. The van der Waals surface area contributed by atoms with Crippen molar-refractivity contribution in [3.05, 3.63) is 61.2 Å². The third kappa shape index (κ3) is 13.7. The first-order valence-corrected chi connectivity index (χ1v) is 12.8. The van der Waals surface area contributed by atoms with Crippen LogP contribution < -0.4 is 10.6 Å². The Kier molecular flexibility index (Phi) is 14.7. The predicted molar refractivity (Wildman–Crippen MR) is 145 cm³/mol. The Morgan fingerprint density at radius 3 is 2.21 bits per heavy atom. The van der Waals surface area contributed by atoms with Crippen molar-refractivity contribution in [2.75, 3.05) is 19.8 Å². The minimum atomic E-state index is -0.731. The molecule has 0 aromatic heterocycles. The number of nitrogens with one attached hydrogen (secondary N) is 2. The minimum Gasteiger partial charge on any atom is -0.464 e. The quantitative estimate of drug-likeness (QED) is 0.160. The second-order valence-electron chi connectivity index (χ2n) is 10.0. The molecular formula is C29H42N2O7. The van der Waals surface area contributed by atoms with E-state index in [0.29, 0.717) is 6.42 Å². The van der Waals surface area contributed by atoms with Gasteiger partial charge in [0.05, 0.1) is 37.5 Å². The van der Waals surface area contributed by atoms with Gasteiger partial charge in [0, 0.05) is 6.42 Å². The van der Waals surface area contributed by atoms with E-state index in [1.54, 1.807) is 26.8 Å². The summed E-state index contributed by atoms with van der Waals surface area (Å²) in [6, 6.07) is 9.00. The van der Waals surface area contributed by atoms with E-state index in [1.807, 2.05) is 30.3 Å². The second-order valence-corrected chi connectivity index (χ2v) is 10.0. The number of esters is 2. The van der Waals surface area contributed by atoms with Gasteiger partial charge in [0.25, 0.3) is 0 Å². The standard InChI is InChI=1S/C29H42N2O7/c1-6-11-22(18-25(33)31-24(20-32)17-21-13-9-8-10-14-21)27(35)30-15-16-37-28(36)23(12-7-2)19-26(34)38-29(3,4)5/h6-10,13-14,22-24,32H,1-2,11-12,15-20H2,3-5H3,(H,30,35)(H,31,33)/t22-,23-,24+/m0/s1. The van der Waals surface area contributed by atoms with Crippen molar-refractivity contribution in [3.8, 4) is 0 Å². The molecule has 210 valence electrons. The molecular weight excluding hydrogens is 488 g/mol. The van der Waals surface area contributed by atoms with Crippen molar-refractivity contribution >= 4 is 23.8 Å². The molecule has 38 heavy (non-hydrogen) atoms. The van der Waals surface area contributed by atoms with Crippen LogP contribution in [0.3, 0.4) is 0 Å².